The normalized spacial score (nSPS) is 12.4. The van der Waals surface area contributed by atoms with Crippen LogP contribution in [-0.2, 0) is 6.42 Å². The van der Waals surface area contributed by atoms with Crippen molar-refractivity contribution >= 4 is 0 Å². The van der Waals surface area contributed by atoms with E-state index in [9.17, 15) is 10.2 Å². The summed E-state index contributed by atoms with van der Waals surface area (Å²) in [6.45, 7) is 6.02. The molecule has 0 saturated carbocycles. The van der Waals surface area contributed by atoms with Gasteiger partial charge < -0.3 is 10.2 Å². The number of phenolic OH excluding ortho intramolecular Hbond substituents is 1. The minimum Gasteiger partial charge on any atom is -0.507 e. The molecule has 2 rings (SSSR count). The second kappa shape index (κ2) is 6.10. The van der Waals surface area contributed by atoms with Crippen molar-refractivity contribution in [1.29, 1.82) is 0 Å². The topological polar surface area (TPSA) is 40.5 Å². The van der Waals surface area contributed by atoms with Crippen molar-refractivity contribution in [3.63, 3.8) is 0 Å². The van der Waals surface area contributed by atoms with Crippen LogP contribution in [-0.4, -0.2) is 16.8 Å². The van der Waals surface area contributed by atoms with E-state index in [2.05, 4.69) is 13.0 Å². The van der Waals surface area contributed by atoms with Crippen LogP contribution in [0.15, 0.2) is 36.4 Å². The number of rotatable bonds is 4. The summed E-state index contributed by atoms with van der Waals surface area (Å²) in [6, 6.07) is 12.1. The number of hydrogen-bond acceptors (Lipinski definition) is 2. The van der Waals surface area contributed by atoms with Gasteiger partial charge in [-0.2, -0.15) is 0 Å². The molecule has 2 N–H and O–H groups in total. The molecule has 0 aliphatic heterocycles. The maximum atomic E-state index is 10.3. The van der Waals surface area contributed by atoms with Gasteiger partial charge in [0.15, 0.2) is 0 Å². The first-order chi connectivity index (χ1) is 9.56. The van der Waals surface area contributed by atoms with Crippen molar-refractivity contribution < 1.29 is 10.2 Å². The van der Waals surface area contributed by atoms with Crippen LogP contribution in [0.2, 0.25) is 0 Å². The summed E-state index contributed by atoms with van der Waals surface area (Å²) in [5.41, 5.74) is 5.06. The molecule has 2 nitrogen and oxygen atoms in total. The minimum atomic E-state index is -0.180. The SMILES string of the molecule is CCc1cc(C)c(O)c(C(CO)c2cccc(C)c2)c1. The third-order valence-electron chi connectivity index (χ3n) is 3.80. The first kappa shape index (κ1) is 14.6. The van der Waals surface area contributed by atoms with Gasteiger partial charge in [0.2, 0.25) is 0 Å². The summed E-state index contributed by atoms with van der Waals surface area (Å²) in [5.74, 6) is 0.114. The number of aliphatic hydroxyl groups excluding tert-OH is 1. The van der Waals surface area contributed by atoms with Gasteiger partial charge in [0.1, 0.15) is 5.75 Å². The van der Waals surface area contributed by atoms with Crippen LogP contribution in [0.25, 0.3) is 0 Å². The fourth-order valence-corrected chi connectivity index (χ4v) is 2.62. The van der Waals surface area contributed by atoms with E-state index < -0.39 is 0 Å². The minimum absolute atomic E-state index is 0.0103. The number of phenols is 1. The third kappa shape index (κ3) is 2.86. The Morgan fingerprint density at radius 2 is 1.85 bits per heavy atom. The number of aryl methyl sites for hydroxylation is 3. The van der Waals surface area contributed by atoms with Gasteiger partial charge >= 0.3 is 0 Å². The largest absolute Gasteiger partial charge is 0.507 e. The molecule has 0 aromatic heterocycles. The smallest absolute Gasteiger partial charge is 0.122 e. The van der Waals surface area contributed by atoms with Crippen LogP contribution in [0.4, 0.5) is 0 Å². The fourth-order valence-electron chi connectivity index (χ4n) is 2.62. The number of hydrogen-bond donors (Lipinski definition) is 2. The first-order valence-electron chi connectivity index (χ1n) is 7.06. The zero-order valence-electron chi connectivity index (χ0n) is 12.4. The van der Waals surface area contributed by atoms with E-state index in [0.29, 0.717) is 5.75 Å². The molecule has 0 amide bonds. The Balaban J connectivity index is 2.54. The average Bonchev–Trinajstić information content (AvgIpc) is 2.44. The highest BCUT2D eigenvalue weighted by atomic mass is 16.3. The lowest BCUT2D eigenvalue weighted by molar-refractivity contribution is 0.278. The van der Waals surface area contributed by atoms with Gasteiger partial charge in [-0.05, 0) is 37.0 Å². The van der Waals surface area contributed by atoms with E-state index in [0.717, 1.165) is 28.7 Å². The van der Waals surface area contributed by atoms with E-state index >= 15 is 0 Å². The molecular weight excluding hydrogens is 248 g/mol. The van der Waals surface area contributed by atoms with E-state index in [4.69, 9.17) is 0 Å². The lowest BCUT2D eigenvalue weighted by Gasteiger charge is -2.19. The zero-order valence-corrected chi connectivity index (χ0v) is 12.4. The molecule has 2 heteroatoms. The van der Waals surface area contributed by atoms with Crippen LogP contribution in [0, 0.1) is 13.8 Å². The lowest BCUT2D eigenvalue weighted by atomic mass is 9.88. The number of aromatic hydroxyl groups is 1. The zero-order chi connectivity index (χ0) is 14.7. The Hall–Kier alpha value is -1.80. The second-order valence-electron chi connectivity index (χ2n) is 5.35. The molecule has 0 saturated heterocycles. The van der Waals surface area contributed by atoms with Crippen LogP contribution >= 0.6 is 0 Å². The van der Waals surface area contributed by atoms with Crippen molar-refractivity contribution in [3.8, 4) is 5.75 Å². The molecule has 20 heavy (non-hydrogen) atoms. The number of benzene rings is 2. The van der Waals surface area contributed by atoms with Crippen molar-refractivity contribution in [2.24, 2.45) is 0 Å². The van der Waals surface area contributed by atoms with Crippen molar-refractivity contribution in [3.05, 3.63) is 64.2 Å². The van der Waals surface area contributed by atoms with Gasteiger partial charge in [0, 0.05) is 11.5 Å². The van der Waals surface area contributed by atoms with Gasteiger partial charge in [-0.1, -0.05) is 48.9 Å². The van der Waals surface area contributed by atoms with E-state index in [-0.39, 0.29) is 12.5 Å². The van der Waals surface area contributed by atoms with E-state index in [1.807, 2.05) is 44.2 Å². The van der Waals surface area contributed by atoms with Crippen LogP contribution in [0.1, 0.15) is 40.7 Å². The predicted octanol–water partition coefficient (Wildman–Crippen LogP) is 3.70. The predicted molar refractivity (Wildman–Crippen MR) is 82.3 cm³/mol. The molecule has 1 atom stereocenters. The molecule has 0 fully saturated rings. The Kier molecular flexibility index (Phi) is 4.46. The maximum absolute atomic E-state index is 10.3. The molecule has 0 aliphatic carbocycles. The Morgan fingerprint density at radius 1 is 1.10 bits per heavy atom. The molecule has 106 valence electrons. The van der Waals surface area contributed by atoms with Crippen molar-refractivity contribution in [1.82, 2.24) is 0 Å². The van der Waals surface area contributed by atoms with Crippen molar-refractivity contribution in [2.75, 3.05) is 6.61 Å². The average molecular weight is 270 g/mol. The summed E-state index contributed by atoms with van der Waals surface area (Å²) in [5, 5.41) is 20.1. The molecule has 0 spiro atoms. The highest BCUT2D eigenvalue weighted by molar-refractivity contribution is 5.48. The molecule has 0 radical (unpaired) electrons. The maximum Gasteiger partial charge on any atom is 0.122 e. The molecule has 1 unspecified atom stereocenters. The molecule has 0 heterocycles. The standard InChI is InChI=1S/C18H22O2/c1-4-14-9-13(3)18(20)16(10-14)17(11-19)15-7-5-6-12(2)8-15/h5-10,17,19-20H,4,11H2,1-3H3. The number of aliphatic hydroxyl groups is 1. The second-order valence-corrected chi connectivity index (χ2v) is 5.35. The summed E-state index contributed by atoms with van der Waals surface area (Å²) in [7, 11) is 0. The molecule has 2 aromatic carbocycles. The summed E-state index contributed by atoms with van der Waals surface area (Å²) < 4.78 is 0. The molecule has 0 bridgehead atoms. The van der Waals surface area contributed by atoms with Gasteiger partial charge in [0.25, 0.3) is 0 Å². The van der Waals surface area contributed by atoms with E-state index in [1.54, 1.807) is 0 Å². The first-order valence-corrected chi connectivity index (χ1v) is 7.06. The van der Waals surface area contributed by atoms with Gasteiger partial charge in [-0.3, -0.25) is 0 Å². The molecule has 0 aliphatic rings. The van der Waals surface area contributed by atoms with Gasteiger partial charge in [0.05, 0.1) is 6.61 Å². The Morgan fingerprint density at radius 3 is 2.45 bits per heavy atom. The molecular formula is C18H22O2. The quantitative estimate of drug-likeness (QED) is 0.889. The lowest BCUT2D eigenvalue weighted by Crippen LogP contribution is -2.08. The Labute approximate surface area is 120 Å². The summed E-state index contributed by atoms with van der Waals surface area (Å²) in [4.78, 5) is 0. The summed E-state index contributed by atoms with van der Waals surface area (Å²) >= 11 is 0. The van der Waals surface area contributed by atoms with Crippen LogP contribution in [0.3, 0.4) is 0 Å². The van der Waals surface area contributed by atoms with Gasteiger partial charge in [-0.25, -0.2) is 0 Å². The Bertz CT molecular complexity index is 602. The van der Waals surface area contributed by atoms with Crippen LogP contribution < -0.4 is 0 Å². The van der Waals surface area contributed by atoms with Crippen LogP contribution in [0.5, 0.6) is 5.75 Å². The van der Waals surface area contributed by atoms with Crippen molar-refractivity contribution in [2.45, 2.75) is 33.1 Å². The summed E-state index contributed by atoms with van der Waals surface area (Å²) in [6.07, 6.45) is 0.917. The fraction of sp³-hybridized carbons (Fsp3) is 0.333. The monoisotopic (exact) mass is 270 g/mol. The highest BCUT2D eigenvalue weighted by Crippen LogP contribution is 2.34. The third-order valence-corrected chi connectivity index (χ3v) is 3.80. The molecule has 2 aromatic rings. The van der Waals surface area contributed by atoms with E-state index in [1.165, 1.54) is 5.56 Å². The highest BCUT2D eigenvalue weighted by Gasteiger charge is 2.19. The van der Waals surface area contributed by atoms with Gasteiger partial charge in [-0.15, -0.1) is 0 Å².